The van der Waals surface area contributed by atoms with E-state index in [0.29, 0.717) is 0 Å². The van der Waals surface area contributed by atoms with E-state index in [1.807, 2.05) is 11.8 Å². The molecule has 0 fully saturated rings. The molecule has 1 spiro atoms. The Bertz CT molecular complexity index is 3110. The molecule has 1 nitrogen and oxygen atoms in total. The lowest BCUT2D eigenvalue weighted by atomic mass is 9.65. The monoisotopic (exact) mass is 783 g/mol. The first-order valence-corrected chi connectivity index (χ1v) is 21.7. The maximum absolute atomic E-state index is 2.50. The van der Waals surface area contributed by atoms with Crippen LogP contribution in [0.3, 0.4) is 0 Å². The Balaban J connectivity index is 1.12. The lowest BCUT2D eigenvalue weighted by Gasteiger charge is -2.40. The second-order valence-electron chi connectivity index (χ2n) is 16.8. The third-order valence-electron chi connectivity index (χ3n) is 13.4. The number of hydrogen-bond donors (Lipinski definition) is 0. The van der Waals surface area contributed by atoms with Crippen molar-refractivity contribution in [1.82, 2.24) is 0 Å². The van der Waals surface area contributed by atoms with Crippen LogP contribution < -0.4 is 4.90 Å². The molecule has 2 heteroatoms. The predicted octanol–water partition coefficient (Wildman–Crippen LogP) is 15.6. The topological polar surface area (TPSA) is 3.24 Å². The van der Waals surface area contributed by atoms with Crippen molar-refractivity contribution < 1.29 is 0 Å². The van der Waals surface area contributed by atoms with Gasteiger partial charge >= 0.3 is 0 Å². The summed E-state index contributed by atoms with van der Waals surface area (Å²) < 4.78 is 0. The summed E-state index contributed by atoms with van der Waals surface area (Å²) in [4.78, 5) is 5.11. The van der Waals surface area contributed by atoms with Crippen LogP contribution in [0.5, 0.6) is 0 Å². The van der Waals surface area contributed by atoms with Crippen LogP contribution in [0, 0.1) is 0 Å². The second-order valence-corrected chi connectivity index (χ2v) is 17.9. The Hall–Kier alpha value is -6.87. The smallest absolute Gasteiger partial charge is 0.0741 e. The first-order valence-electron chi connectivity index (χ1n) is 20.9. The average Bonchev–Trinajstić information content (AvgIpc) is 3.73. The van der Waals surface area contributed by atoms with Crippen LogP contribution >= 0.6 is 11.8 Å². The van der Waals surface area contributed by atoms with Crippen molar-refractivity contribution in [3.05, 3.63) is 246 Å². The maximum atomic E-state index is 2.50. The fourth-order valence-corrected chi connectivity index (χ4v) is 11.9. The van der Waals surface area contributed by atoms with Gasteiger partial charge in [0.15, 0.2) is 0 Å². The van der Waals surface area contributed by atoms with Crippen LogP contribution in [0.2, 0.25) is 0 Å². The summed E-state index contributed by atoms with van der Waals surface area (Å²) in [6, 6.07) is 79.2. The van der Waals surface area contributed by atoms with Crippen LogP contribution in [-0.4, -0.2) is 0 Å². The number of anilines is 3. The lowest BCUT2D eigenvalue weighted by Crippen LogP contribution is -2.32. The third-order valence-corrected chi connectivity index (χ3v) is 14.5. The zero-order valence-corrected chi connectivity index (χ0v) is 34.4. The summed E-state index contributed by atoms with van der Waals surface area (Å²) >= 11 is 1.89. The Morgan fingerprint density at radius 2 is 0.833 bits per heavy atom. The summed E-state index contributed by atoms with van der Waals surface area (Å²) in [5, 5.41) is 0. The van der Waals surface area contributed by atoms with Crippen molar-refractivity contribution >= 4 is 28.8 Å². The summed E-state index contributed by atoms with van der Waals surface area (Å²) in [5.41, 5.74) is 21.0. The molecular formula is C58H41NS. The van der Waals surface area contributed by atoms with E-state index in [9.17, 15) is 0 Å². The number of para-hydroxylation sites is 1. The van der Waals surface area contributed by atoms with Crippen LogP contribution in [0.15, 0.2) is 222 Å². The average molecular weight is 784 g/mol. The van der Waals surface area contributed by atoms with Crippen molar-refractivity contribution in [2.45, 2.75) is 34.5 Å². The molecule has 9 aromatic rings. The molecule has 1 heterocycles. The lowest BCUT2D eigenvalue weighted by molar-refractivity contribution is 0.660. The number of hydrogen-bond acceptors (Lipinski definition) is 2. The summed E-state index contributed by atoms with van der Waals surface area (Å²) in [6.45, 7) is 4.74. The van der Waals surface area contributed by atoms with Gasteiger partial charge in [-0.05, 0) is 115 Å². The SMILES string of the molecule is CC1(C)c2ccccc2-c2ccc(N(c3ccc(-c4ccccc4)cc3)c3ccccc3-c3cccc4c3C3(c5ccccc5Sc5ccccc53)c3ccccc3-4)cc21. The van der Waals surface area contributed by atoms with Gasteiger partial charge in [0, 0.05) is 32.1 Å². The van der Waals surface area contributed by atoms with Crippen LogP contribution in [-0.2, 0) is 10.8 Å². The molecule has 2 aliphatic carbocycles. The predicted molar refractivity (Wildman–Crippen MR) is 251 cm³/mol. The molecule has 60 heavy (non-hydrogen) atoms. The Kier molecular flexibility index (Phi) is 7.80. The van der Waals surface area contributed by atoms with E-state index in [1.165, 1.54) is 87.7 Å². The van der Waals surface area contributed by atoms with Gasteiger partial charge in [0.2, 0.25) is 0 Å². The molecule has 0 saturated carbocycles. The first-order chi connectivity index (χ1) is 29.5. The molecule has 9 aromatic carbocycles. The van der Waals surface area contributed by atoms with E-state index < -0.39 is 5.41 Å². The molecule has 0 atom stereocenters. The molecule has 0 amide bonds. The van der Waals surface area contributed by atoms with E-state index in [1.54, 1.807) is 0 Å². The van der Waals surface area contributed by atoms with E-state index >= 15 is 0 Å². The maximum Gasteiger partial charge on any atom is 0.0741 e. The van der Waals surface area contributed by atoms with Crippen molar-refractivity contribution in [3.8, 4) is 44.5 Å². The minimum absolute atomic E-state index is 0.136. The number of rotatable bonds is 5. The fraction of sp³-hybridized carbons (Fsp3) is 0.0690. The molecule has 0 N–H and O–H groups in total. The molecule has 0 unspecified atom stereocenters. The van der Waals surface area contributed by atoms with Gasteiger partial charge in [0.25, 0.3) is 0 Å². The summed E-state index contributed by atoms with van der Waals surface area (Å²) in [5.74, 6) is 0. The summed E-state index contributed by atoms with van der Waals surface area (Å²) in [6.07, 6.45) is 0. The van der Waals surface area contributed by atoms with E-state index in [-0.39, 0.29) is 5.41 Å². The van der Waals surface area contributed by atoms with Gasteiger partial charge in [-0.2, -0.15) is 0 Å². The number of fused-ring (bicyclic) bond motifs is 12. The largest absolute Gasteiger partial charge is 0.310 e. The highest BCUT2D eigenvalue weighted by atomic mass is 32.2. The minimum atomic E-state index is -0.500. The molecule has 284 valence electrons. The standard InChI is InChI=1S/C58H41NS/c1-57(2)48-24-9-6-19-42(48)44-36-35-41(37-52(44)57)59(40-33-31-39(32-34-40)38-17-4-3-5-18-38)53-28-13-8-21-45(53)47-23-16-22-46-43-20-7-10-25-49(43)58(56(46)47)50-26-11-14-29-54(50)60-55-30-15-12-27-51(55)58/h3-37H,1-2H3. The highest BCUT2D eigenvalue weighted by Gasteiger charge is 2.51. The first kappa shape index (κ1) is 35.1. The summed E-state index contributed by atoms with van der Waals surface area (Å²) in [7, 11) is 0. The quantitative estimate of drug-likeness (QED) is 0.171. The molecule has 0 saturated heterocycles. The van der Waals surface area contributed by atoms with E-state index in [2.05, 4.69) is 231 Å². The van der Waals surface area contributed by atoms with Crippen molar-refractivity contribution in [2.24, 2.45) is 0 Å². The molecular weight excluding hydrogens is 743 g/mol. The van der Waals surface area contributed by atoms with Crippen molar-refractivity contribution in [2.75, 3.05) is 4.90 Å². The second kappa shape index (κ2) is 13.3. The van der Waals surface area contributed by atoms with E-state index in [4.69, 9.17) is 0 Å². The highest BCUT2D eigenvalue weighted by Crippen LogP contribution is 2.64. The van der Waals surface area contributed by atoms with Gasteiger partial charge in [0.1, 0.15) is 0 Å². The number of nitrogens with zero attached hydrogens (tertiary/aromatic N) is 1. The Labute approximate surface area is 356 Å². The molecule has 0 radical (unpaired) electrons. The molecule has 1 aliphatic heterocycles. The Morgan fingerprint density at radius 3 is 1.53 bits per heavy atom. The van der Waals surface area contributed by atoms with Crippen LogP contribution in [0.1, 0.15) is 47.2 Å². The fourth-order valence-electron chi connectivity index (χ4n) is 10.7. The van der Waals surface area contributed by atoms with Gasteiger partial charge in [-0.1, -0.05) is 195 Å². The van der Waals surface area contributed by atoms with Gasteiger partial charge in [-0.25, -0.2) is 0 Å². The van der Waals surface area contributed by atoms with Gasteiger partial charge in [-0.3, -0.25) is 0 Å². The van der Waals surface area contributed by atoms with Crippen LogP contribution in [0.4, 0.5) is 17.1 Å². The molecule has 0 aromatic heterocycles. The molecule has 0 bridgehead atoms. The Morgan fingerprint density at radius 1 is 0.350 bits per heavy atom. The molecule has 3 aliphatic rings. The van der Waals surface area contributed by atoms with Gasteiger partial charge in [-0.15, -0.1) is 0 Å². The zero-order chi connectivity index (χ0) is 40.0. The zero-order valence-electron chi connectivity index (χ0n) is 33.6. The van der Waals surface area contributed by atoms with Crippen molar-refractivity contribution in [1.29, 1.82) is 0 Å². The normalized spacial score (nSPS) is 14.4. The highest BCUT2D eigenvalue weighted by molar-refractivity contribution is 7.99. The van der Waals surface area contributed by atoms with Gasteiger partial charge < -0.3 is 4.90 Å². The minimum Gasteiger partial charge on any atom is -0.310 e. The molecule has 12 rings (SSSR count). The van der Waals surface area contributed by atoms with Gasteiger partial charge in [0.05, 0.1) is 11.1 Å². The van der Waals surface area contributed by atoms with E-state index in [0.717, 1.165) is 17.1 Å². The number of benzene rings is 9. The van der Waals surface area contributed by atoms with Crippen molar-refractivity contribution in [3.63, 3.8) is 0 Å². The third kappa shape index (κ3) is 4.95. The van der Waals surface area contributed by atoms with Crippen LogP contribution in [0.25, 0.3) is 44.5 Å².